The summed E-state index contributed by atoms with van der Waals surface area (Å²) in [5, 5.41) is 12.6. The Labute approximate surface area is 167 Å². The van der Waals surface area contributed by atoms with Crippen molar-refractivity contribution in [2.45, 2.75) is 97.2 Å². The minimum Gasteiger partial charge on any atom is 0.187 e. The Bertz CT molecular complexity index is 255. The van der Waals surface area contributed by atoms with Crippen LogP contribution >= 0.6 is 0 Å². The maximum Gasteiger partial charge on any atom is 0.187 e. The van der Waals surface area contributed by atoms with Gasteiger partial charge in [-0.3, -0.25) is 4.79 Å². The fourth-order valence-corrected chi connectivity index (χ4v) is 6.00. The molecule has 4 heteroatoms. The molecule has 0 aliphatic carbocycles. The fraction of sp³-hybridized carbons (Fsp3) is 0.950. The molecule has 0 aliphatic heterocycles. The Kier molecular flexibility index (Phi) is 22.3. The van der Waals surface area contributed by atoms with Crippen molar-refractivity contribution < 1.29 is 23.3 Å². The zero-order valence-electron chi connectivity index (χ0n) is 16.9. The number of hydrogen-bond acceptors (Lipinski definition) is 1. The van der Waals surface area contributed by atoms with Crippen molar-refractivity contribution in [1.82, 2.24) is 0 Å². The average molecular weight is 404 g/mol. The Morgan fingerprint density at radius 3 is 1.38 bits per heavy atom. The SMILES string of the molecule is CC(C)CCCCC(=O)O.CC(C)[CH2][Ni]([CH2]C(C)C)[CH2]C(C)C.[AlH3]. The minimum absolute atomic E-state index is 0. The molecular formula is C20H46AlNiO2. The van der Waals surface area contributed by atoms with E-state index in [0.717, 1.165) is 37.0 Å². The largest absolute Gasteiger partial charge is 0.187 e. The molecule has 0 bridgehead atoms. The molecule has 1 N–H and O–H groups in total. The Hall–Kier alpha value is 0.496. The van der Waals surface area contributed by atoms with E-state index in [9.17, 15) is 4.79 Å². The van der Waals surface area contributed by atoms with Gasteiger partial charge in [0.25, 0.3) is 0 Å². The van der Waals surface area contributed by atoms with Gasteiger partial charge in [-0.25, -0.2) is 0 Å². The summed E-state index contributed by atoms with van der Waals surface area (Å²) < 4.78 is 0. The van der Waals surface area contributed by atoms with Gasteiger partial charge in [-0.2, -0.15) is 0 Å². The monoisotopic (exact) mass is 403 g/mol. The second-order valence-electron chi connectivity index (χ2n) is 8.08. The van der Waals surface area contributed by atoms with Crippen LogP contribution in [0.1, 0.15) is 81.1 Å². The van der Waals surface area contributed by atoms with Crippen molar-refractivity contribution in [3.63, 3.8) is 0 Å². The molecule has 24 heavy (non-hydrogen) atoms. The third-order valence-electron chi connectivity index (χ3n) is 2.74. The van der Waals surface area contributed by atoms with Crippen LogP contribution in [-0.2, 0) is 18.2 Å². The first kappa shape index (κ1) is 29.3. The summed E-state index contributed by atoms with van der Waals surface area (Å²) in [6.45, 7) is 18.4. The van der Waals surface area contributed by atoms with Crippen LogP contribution in [0.5, 0.6) is 0 Å². The minimum atomic E-state index is -0.677. The van der Waals surface area contributed by atoms with Crippen LogP contribution in [0.15, 0.2) is 0 Å². The molecule has 0 aromatic carbocycles. The summed E-state index contributed by atoms with van der Waals surface area (Å²) in [5.74, 6) is 2.67. The van der Waals surface area contributed by atoms with E-state index < -0.39 is 5.97 Å². The summed E-state index contributed by atoms with van der Waals surface area (Å²) in [5.41, 5.74) is 0. The van der Waals surface area contributed by atoms with Crippen LogP contribution in [0.25, 0.3) is 0 Å². The molecule has 0 fully saturated rings. The average Bonchev–Trinajstić information content (AvgIpc) is 2.32. The van der Waals surface area contributed by atoms with Crippen molar-refractivity contribution in [3.05, 3.63) is 0 Å². The first-order valence-electron chi connectivity index (χ1n) is 9.20. The molecule has 0 saturated carbocycles. The topological polar surface area (TPSA) is 37.3 Å². The van der Waals surface area contributed by atoms with Gasteiger partial charge in [0.05, 0.1) is 0 Å². The van der Waals surface area contributed by atoms with Gasteiger partial charge in [0, 0.05) is 6.42 Å². The van der Waals surface area contributed by atoms with Gasteiger partial charge in [0.2, 0.25) is 0 Å². The first-order valence-corrected chi connectivity index (χ1v) is 11.3. The van der Waals surface area contributed by atoms with Crippen molar-refractivity contribution in [1.29, 1.82) is 0 Å². The van der Waals surface area contributed by atoms with Crippen LogP contribution in [0.4, 0.5) is 0 Å². The summed E-state index contributed by atoms with van der Waals surface area (Å²) in [6, 6.07) is 0. The van der Waals surface area contributed by atoms with E-state index in [1.54, 1.807) is 0 Å². The molecule has 0 heterocycles. The van der Waals surface area contributed by atoms with E-state index in [4.69, 9.17) is 5.11 Å². The van der Waals surface area contributed by atoms with Crippen molar-refractivity contribution in [2.24, 2.45) is 23.7 Å². The summed E-state index contributed by atoms with van der Waals surface area (Å²) in [7, 11) is 0. The Morgan fingerprint density at radius 2 is 1.12 bits per heavy atom. The molecule has 151 valence electrons. The predicted octanol–water partition coefficient (Wildman–Crippen LogP) is 5.93. The van der Waals surface area contributed by atoms with Crippen LogP contribution < -0.4 is 0 Å². The van der Waals surface area contributed by atoms with Gasteiger partial charge in [-0.05, 0) is 12.3 Å². The number of carbonyl (C=O) groups is 1. The summed E-state index contributed by atoms with van der Waals surface area (Å²) in [6.07, 6.45) is 3.34. The van der Waals surface area contributed by atoms with Gasteiger partial charge in [-0.15, -0.1) is 0 Å². The third-order valence-corrected chi connectivity index (χ3v) is 6.87. The normalized spacial score (nSPS) is 11.4. The molecule has 0 atom stereocenters. The first-order chi connectivity index (χ1) is 10.5. The van der Waals surface area contributed by atoms with Gasteiger partial charge in [-0.1, -0.05) is 26.7 Å². The van der Waals surface area contributed by atoms with E-state index in [2.05, 4.69) is 55.4 Å². The van der Waals surface area contributed by atoms with Gasteiger partial charge in [0.15, 0.2) is 17.4 Å². The van der Waals surface area contributed by atoms with Crippen molar-refractivity contribution in [2.75, 3.05) is 0 Å². The molecule has 0 unspecified atom stereocenters. The van der Waals surface area contributed by atoms with Gasteiger partial charge in [0.1, 0.15) is 0 Å². The maximum atomic E-state index is 10.0. The molecule has 0 aromatic heterocycles. The van der Waals surface area contributed by atoms with Crippen LogP contribution in [-0.4, -0.2) is 28.4 Å². The smallest absolute Gasteiger partial charge is 0.187 e. The molecule has 0 amide bonds. The molecule has 0 aromatic rings. The van der Waals surface area contributed by atoms with Gasteiger partial charge < -0.3 is 5.11 Å². The second-order valence-corrected chi connectivity index (χ2v) is 10.8. The third kappa shape index (κ3) is 27.3. The predicted molar refractivity (Wildman–Crippen MR) is 110 cm³/mol. The number of carboxylic acid groups (broad SMARTS) is 1. The van der Waals surface area contributed by atoms with E-state index in [0.29, 0.717) is 25.8 Å². The molecule has 0 radical (unpaired) electrons. The van der Waals surface area contributed by atoms with Crippen LogP contribution in [0, 0.1) is 23.7 Å². The summed E-state index contributed by atoms with van der Waals surface area (Å²) >= 11 is 0.549. The zero-order valence-corrected chi connectivity index (χ0v) is 17.9. The van der Waals surface area contributed by atoms with E-state index in [1.165, 1.54) is 16.2 Å². The molecular weight excluding hydrogens is 358 g/mol. The van der Waals surface area contributed by atoms with E-state index >= 15 is 0 Å². The molecule has 0 spiro atoms. The standard InChI is InChI=1S/C8H16O2.3C4H9.Al.Ni.3H/c1-7(2)5-3-4-6-8(9)10;3*1-4(2)3;;;;;/h7H,3-6H2,1-2H3,(H,9,10);3*4H,1H2,2-3H3;;;;;. The maximum absolute atomic E-state index is 10.0. The van der Waals surface area contributed by atoms with E-state index in [-0.39, 0.29) is 17.4 Å². The molecule has 0 aliphatic rings. The number of hydrogen-bond donors (Lipinski definition) is 1. The van der Waals surface area contributed by atoms with Crippen LogP contribution in [0.2, 0.25) is 16.2 Å². The summed E-state index contributed by atoms with van der Waals surface area (Å²) in [4.78, 5) is 10.0. The second kappa shape index (κ2) is 18.3. The number of aliphatic carboxylic acids is 1. The van der Waals surface area contributed by atoms with Crippen molar-refractivity contribution in [3.8, 4) is 0 Å². The fourth-order valence-electron chi connectivity index (χ4n) is 2.08. The quantitative estimate of drug-likeness (QED) is 0.342. The molecule has 0 rings (SSSR count). The Balaban J connectivity index is -0.000000364. The number of unbranched alkanes of at least 4 members (excludes halogenated alkanes) is 1. The Morgan fingerprint density at radius 1 is 0.750 bits per heavy atom. The van der Waals surface area contributed by atoms with Crippen LogP contribution in [0.3, 0.4) is 0 Å². The van der Waals surface area contributed by atoms with Gasteiger partial charge >= 0.3 is 94.9 Å². The molecule has 2 nitrogen and oxygen atoms in total. The number of carboxylic acids is 1. The van der Waals surface area contributed by atoms with E-state index in [1.807, 2.05) is 0 Å². The number of rotatable bonds is 11. The zero-order chi connectivity index (χ0) is 18.4. The van der Waals surface area contributed by atoms with Crippen molar-refractivity contribution >= 4 is 23.3 Å². The molecule has 0 saturated heterocycles.